The fourth-order valence-electron chi connectivity index (χ4n) is 1.78. The van der Waals surface area contributed by atoms with Gasteiger partial charge >= 0.3 is 0 Å². The van der Waals surface area contributed by atoms with Crippen molar-refractivity contribution in [2.24, 2.45) is 0 Å². The number of non-ortho nitro benzene ring substituents is 1. The molecule has 0 aliphatic rings. The summed E-state index contributed by atoms with van der Waals surface area (Å²) in [6.07, 6.45) is 3.23. The summed E-state index contributed by atoms with van der Waals surface area (Å²) in [7, 11) is 0. The Labute approximate surface area is 118 Å². The molecule has 0 amide bonds. The summed E-state index contributed by atoms with van der Waals surface area (Å²) in [5, 5.41) is 20.1. The van der Waals surface area contributed by atoms with Gasteiger partial charge in [-0.15, -0.1) is 0 Å². The third kappa shape index (κ3) is 3.21. The SMILES string of the molecule is CC(O)c1ccn(Cc2ccc([N+](=O)[O-])cc2Br)c1. The van der Waals surface area contributed by atoms with E-state index in [1.165, 1.54) is 12.1 Å². The molecule has 1 unspecified atom stereocenters. The average molecular weight is 325 g/mol. The summed E-state index contributed by atoms with van der Waals surface area (Å²) in [5.74, 6) is 0. The summed E-state index contributed by atoms with van der Waals surface area (Å²) in [5.41, 5.74) is 1.85. The Balaban J connectivity index is 2.20. The Hall–Kier alpha value is -1.66. The first-order chi connectivity index (χ1) is 8.97. The molecular weight excluding hydrogens is 312 g/mol. The molecule has 0 saturated carbocycles. The molecule has 0 radical (unpaired) electrons. The van der Waals surface area contributed by atoms with Crippen molar-refractivity contribution < 1.29 is 10.0 Å². The Bertz CT molecular complexity index is 608. The molecule has 1 N–H and O–H groups in total. The van der Waals surface area contributed by atoms with Gasteiger partial charge in [0.25, 0.3) is 5.69 Å². The van der Waals surface area contributed by atoms with Crippen LogP contribution in [0.25, 0.3) is 0 Å². The maximum absolute atomic E-state index is 10.7. The second kappa shape index (κ2) is 5.54. The van der Waals surface area contributed by atoms with E-state index in [1.54, 1.807) is 13.0 Å². The zero-order valence-electron chi connectivity index (χ0n) is 10.3. The van der Waals surface area contributed by atoms with Gasteiger partial charge in [0.2, 0.25) is 0 Å². The molecule has 100 valence electrons. The van der Waals surface area contributed by atoms with Gasteiger partial charge in [-0.2, -0.15) is 0 Å². The number of nitrogens with zero attached hydrogens (tertiary/aromatic N) is 2. The minimum absolute atomic E-state index is 0.0628. The van der Waals surface area contributed by atoms with Gasteiger partial charge in [0.1, 0.15) is 0 Å². The molecule has 0 fully saturated rings. The predicted molar refractivity (Wildman–Crippen MR) is 75.0 cm³/mol. The molecule has 0 bridgehead atoms. The van der Waals surface area contributed by atoms with Crippen molar-refractivity contribution in [1.82, 2.24) is 4.57 Å². The summed E-state index contributed by atoms with van der Waals surface area (Å²) >= 11 is 3.34. The number of nitro benzene ring substituents is 1. The molecule has 1 heterocycles. The van der Waals surface area contributed by atoms with Crippen LogP contribution in [0.3, 0.4) is 0 Å². The molecule has 0 aliphatic carbocycles. The maximum atomic E-state index is 10.7. The van der Waals surface area contributed by atoms with Crippen molar-refractivity contribution in [3.05, 3.63) is 62.4 Å². The maximum Gasteiger partial charge on any atom is 0.270 e. The zero-order valence-corrected chi connectivity index (χ0v) is 11.9. The van der Waals surface area contributed by atoms with Gasteiger partial charge in [-0.25, -0.2) is 0 Å². The van der Waals surface area contributed by atoms with Crippen LogP contribution in [-0.4, -0.2) is 14.6 Å². The van der Waals surface area contributed by atoms with Gasteiger partial charge < -0.3 is 9.67 Å². The number of hydrogen-bond acceptors (Lipinski definition) is 3. The van der Waals surface area contributed by atoms with Crippen LogP contribution < -0.4 is 0 Å². The lowest BCUT2D eigenvalue weighted by atomic mass is 10.2. The number of hydrogen-bond donors (Lipinski definition) is 1. The summed E-state index contributed by atoms with van der Waals surface area (Å²) in [6.45, 7) is 2.30. The smallest absolute Gasteiger partial charge is 0.270 e. The van der Waals surface area contributed by atoms with Crippen molar-refractivity contribution in [2.45, 2.75) is 19.6 Å². The highest BCUT2D eigenvalue weighted by Gasteiger charge is 2.10. The molecule has 6 heteroatoms. The quantitative estimate of drug-likeness (QED) is 0.693. The lowest BCUT2D eigenvalue weighted by Gasteiger charge is -2.06. The molecule has 1 atom stereocenters. The van der Waals surface area contributed by atoms with Crippen LogP contribution in [0.4, 0.5) is 5.69 Å². The number of nitro groups is 1. The highest BCUT2D eigenvalue weighted by Crippen LogP contribution is 2.24. The largest absolute Gasteiger partial charge is 0.389 e. The lowest BCUT2D eigenvalue weighted by Crippen LogP contribution is -1.99. The zero-order chi connectivity index (χ0) is 14.0. The van der Waals surface area contributed by atoms with Gasteiger partial charge in [0.15, 0.2) is 0 Å². The van der Waals surface area contributed by atoms with Gasteiger partial charge in [-0.3, -0.25) is 10.1 Å². The standard InChI is InChI=1S/C13H13BrN2O3/c1-9(17)10-4-5-15(7-10)8-11-2-3-12(16(18)19)6-13(11)14/h2-7,9,17H,8H2,1H3. The Morgan fingerprint density at radius 1 is 1.47 bits per heavy atom. The molecule has 2 rings (SSSR count). The first kappa shape index (κ1) is 13.8. The number of aliphatic hydroxyl groups is 1. The van der Waals surface area contributed by atoms with Crippen LogP contribution in [0.1, 0.15) is 24.2 Å². The van der Waals surface area contributed by atoms with Crippen molar-refractivity contribution >= 4 is 21.6 Å². The van der Waals surface area contributed by atoms with Crippen molar-refractivity contribution in [1.29, 1.82) is 0 Å². The number of aliphatic hydroxyl groups excluding tert-OH is 1. The fourth-order valence-corrected chi connectivity index (χ4v) is 2.27. The highest BCUT2D eigenvalue weighted by atomic mass is 79.9. The molecule has 0 aliphatic heterocycles. The van der Waals surface area contributed by atoms with Crippen molar-refractivity contribution in [3.8, 4) is 0 Å². The average Bonchev–Trinajstić information content (AvgIpc) is 2.80. The second-order valence-electron chi connectivity index (χ2n) is 4.33. The summed E-state index contributed by atoms with van der Waals surface area (Å²) in [4.78, 5) is 10.2. The molecule has 0 spiro atoms. The molecule has 5 nitrogen and oxygen atoms in total. The second-order valence-corrected chi connectivity index (χ2v) is 5.18. The van der Waals surface area contributed by atoms with Gasteiger partial charge in [-0.05, 0) is 30.2 Å². The number of benzene rings is 1. The molecule has 2 aromatic rings. The van der Waals surface area contributed by atoms with Gasteiger partial charge in [0.05, 0.1) is 11.0 Å². The van der Waals surface area contributed by atoms with Crippen LogP contribution >= 0.6 is 15.9 Å². The summed E-state index contributed by atoms with van der Waals surface area (Å²) < 4.78 is 2.63. The topological polar surface area (TPSA) is 68.3 Å². The third-order valence-electron chi connectivity index (χ3n) is 2.86. The molecule has 1 aromatic carbocycles. The van der Waals surface area contributed by atoms with E-state index in [1.807, 2.05) is 23.0 Å². The molecule has 1 aromatic heterocycles. The van der Waals surface area contributed by atoms with E-state index in [-0.39, 0.29) is 5.69 Å². The van der Waals surface area contributed by atoms with E-state index in [9.17, 15) is 15.2 Å². The van der Waals surface area contributed by atoms with Gasteiger partial charge in [0, 0.05) is 35.5 Å². The predicted octanol–water partition coefficient (Wildman–Crippen LogP) is 3.26. The van der Waals surface area contributed by atoms with Crippen molar-refractivity contribution in [2.75, 3.05) is 0 Å². The van der Waals surface area contributed by atoms with Gasteiger partial charge in [-0.1, -0.05) is 15.9 Å². The van der Waals surface area contributed by atoms with E-state index in [2.05, 4.69) is 15.9 Å². The third-order valence-corrected chi connectivity index (χ3v) is 3.59. The first-order valence-electron chi connectivity index (χ1n) is 5.74. The fraction of sp³-hybridized carbons (Fsp3) is 0.231. The Morgan fingerprint density at radius 2 is 2.21 bits per heavy atom. The van der Waals surface area contributed by atoms with Crippen LogP contribution in [0.15, 0.2) is 41.1 Å². The van der Waals surface area contributed by atoms with E-state index < -0.39 is 11.0 Å². The van der Waals surface area contributed by atoms with Crippen molar-refractivity contribution in [3.63, 3.8) is 0 Å². The molecular formula is C13H13BrN2O3. The Kier molecular flexibility index (Phi) is 4.01. The van der Waals surface area contributed by atoms with Crippen LogP contribution in [0.5, 0.6) is 0 Å². The normalized spacial score (nSPS) is 12.4. The van der Waals surface area contributed by atoms with E-state index in [0.717, 1.165) is 11.1 Å². The summed E-state index contributed by atoms with van der Waals surface area (Å²) in [6, 6.07) is 6.56. The number of aromatic nitrogens is 1. The van der Waals surface area contributed by atoms with E-state index in [0.29, 0.717) is 11.0 Å². The van der Waals surface area contributed by atoms with Crippen LogP contribution in [0.2, 0.25) is 0 Å². The Morgan fingerprint density at radius 3 is 2.74 bits per heavy atom. The number of rotatable bonds is 4. The minimum atomic E-state index is -0.499. The first-order valence-corrected chi connectivity index (χ1v) is 6.53. The minimum Gasteiger partial charge on any atom is -0.389 e. The highest BCUT2D eigenvalue weighted by molar-refractivity contribution is 9.10. The monoisotopic (exact) mass is 324 g/mol. The van der Waals surface area contributed by atoms with E-state index in [4.69, 9.17) is 0 Å². The number of halogens is 1. The lowest BCUT2D eigenvalue weighted by molar-refractivity contribution is -0.384. The molecule has 0 saturated heterocycles. The van der Waals surface area contributed by atoms with Crippen LogP contribution in [-0.2, 0) is 6.54 Å². The molecule has 19 heavy (non-hydrogen) atoms. The van der Waals surface area contributed by atoms with E-state index >= 15 is 0 Å². The van der Waals surface area contributed by atoms with Crippen LogP contribution in [0, 0.1) is 10.1 Å².